The summed E-state index contributed by atoms with van der Waals surface area (Å²) in [5, 5.41) is 8.64. The lowest BCUT2D eigenvalue weighted by Gasteiger charge is -2.06. The van der Waals surface area contributed by atoms with Crippen molar-refractivity contribution in [2.75, 3.05) is 0 Å². The lowest BCUT2D eigenvalue weighted by Crippen LogP contribution is -2.05. The summed E-state index contributed by atoms with van der Waals surface area (Å²) in [6.45, 7) is 2.03. The highest BCUT2D eigenvalue weighted by Crippen LogP contribution is 2.37. The van der Waals surface area contributed by atoms with Gasteiger partial charge in [-0.3, -0.25) is 4.79 Å². The summed E-state index contributed by atoms with van der Waals surface area (Å²) in [6.07, 6.45) is 1.84. The first-order chi connectivity index (χ1) is 7.56. The average Bonchev–Trinajstić information content (AvgIpc) is 2.56. The molecule has 1 N–H and O–H groups in total. The lowest BCUT2D eigenvalue weighted by molar-refractivity contribution is -0.136. The highest BCUT2D eigenvalue weighted by molar-refractivity contribution is 9.10. The topological polar surface area (TPSA) is 46.5 Å². The lowest BCUT2D eigenvalue weighted by atomic mass is 10.0. The zero-order valence-corrected chi connectivity index (χ0v) is 10.6. The maximum Gasteiger partial charge on any atom is 0.303 e. The zero-order chi connectivity index (χ0) is 11.7. The molecule has 0 bridgehead atoms. The molecule has 3 nitrogen and oxygen atoms in total. The third-order valence-electron chi connectivity index (χ3n) is 2.63. The number of aliphatic carboxylic acids is 1. The summed E-state index contributed by atoms with van der Waals surface area (Å²) in [7, 11) is 0. The van der Waals surface area contributed by atoms with Gasteiger partial charge in [-0.1, -0.05) is 6.07 Å². The van der Waals surface area contributed by atoms with E-state index in [9.17, 15) is 4.79 Å². The van der Waals surface area contributed by atoms with Gasteiger partial charge in [0.15, 0.2) is 0 Å². The Balaban J connectivity index is 2.21. The molecule has 0 saturated heterocycles. The van der Waals surface area contributed by atoms with E-state index in [0.29, 0.717) is 6.42 Å². The molecule has 1 aliphatic heterocycles. The van der Waals surface area contributed by atoms with E-state index in [-0.39, 0.29) is 12.5 Å². The highest BCUT2D eigenvalue weighted by atomic mass is 79.9. The van der Waals surface area contributed by atoms with Crippen molar-refractivity contribution in [3.8, 4) is 5.75 Å². The molecule has 16 heavy (non-hydrogen) atoms. The molecule has 0 saturated carbocycles. The Kier molecular flexibility index (Phi) is 3.19. The first-order valence-corrected chi connectivity index (χ1v) is 6.05. The van der Waals surface area contributed by atoms with Crippen LogP contribution < -0.4 is 4.74 Å². The van der Waals surface area contributed by atoms with E-state index < -0.39 is 5.97 Å². The number of hydrogen-bond donors (Lipinski definition) is 1. The summed E-state index contributed by atoms with van der Waals surface area (Å²) in [4.78, 5) is 10.5. The molecule has 1 unspecified atom stereocenters. The standard InChI is InChI=1S/C12H13BrO3/c1-7-4-9-5-8(2-3-11(14)15)6-10(13)12(9)16-7/h5-7H,2-4H2,1H3,(H,14,15). The van der Waals surface area contributed by atoms with Crippen LogP contribution in [-0.4, -0.2) is 17.2 Å². The zero-order valence-electron chi connectivity index (χ0n) is 9.00. The van der Waals surface area contributed by atoms with Crippen molar-refractivity contribution in [1.29, 1.82) is 0 Å². The number of halogens is 1. The number of fused-ring (bicyclic) bond motifs is 1. The third kappa shape index (κ3) is 2.38. The fourth-order valence-electron chi connectivity index (χ4n) is 1.94. The molecule has 0 spiro atoms. The number of aryl methyl sites for hydroxylation is 1. The molecule has 0 radical (unpaired) electrons. The number of carboxylic acids is 1. The number of rotatable bonds is 3. The van der Waals surface area contributed by atoms with Crippen LogP contribution in [-0.2, 0) is 17.6 Å². The van der Waals surface area contributed by atoms with Gasteiger partial charge in [0.1, 0.15) is 11.9 Å². The molecule has 0 fully saturated rings. The van der Waals surface area contributed by atoms with Gasteiger partial charge in [0.2, 0.25) is 0 Å². The maximum absolute atomic E-state index is 10.5. The Morgan fingerprint density at radius 2 is 2.38 bits per heavy atom. The van der Waals surface area contributed by atoms with Crippen molar-refractivity contribution in [3.05, 3.63) is 27.7 Å². The van der Waals surface area contributed by atoms with Gasteiger partial charge in [0, 0.05) is 12.8 Å². The number of benzene rings is 1. The molecule has 1 aliphatic rings. The van der Waals surface area contributed by atoms with Crippen LogP contribution in [0.1, 0.15) is 24.5 Å². The van der Waals surface area contributed by atoms with Gasteiger partial charge in [0.25, 0.3) is 0 Å². The molecule has 0 amide bonds. The number of carbonyl (C=O) groups is 1. The van der Waals surface area contributed by atoms with Crippen LogP contribution in [0, 0.1) is 0 Å². The maximum atomic E-state index is 10.5. The predicted octanol–water partition coefficient (Wildman–Crippen LogP) is 2.79. The van der Waals surface area contributed by atoms with Crippen LogP contribution in [0.2, 0.25) is 0 Å². The molecule has 1 atom stereocenters. The van der Waals surface area contributed by atoms with Gasteiger partial charge in [-0.05, 0) is 46.5 Å². The van der Waals surface area contributed by atoms with Gasteiger partial charge in [-0.25, -0.2) is 0 Å². The largest absolute Gasteiger partial charge is 0.489 e. The molecule has 2 rings (SSSR count). The fourth-order valence-corrected chi connectivity index (χ4v) is 2.59. The number of ether oxygens (including phenoxy) is 1. The second kappa shape index (κ2) is 4.45. The minimum absolute atomic E-state index is 0.168. The van der Waals surface area contributed by atoms with Crippen LogP contribution in [0.15, 0.2) is 16.6 Å². The monoisotopic (exact) mass is 284 g/mol. The summed E-state index contributed by atoms with van der Waals surface area (Å²) in [5.41, 5.74) is 2.22. The predicted molar refractivity (Wildman–Crippen MR) is 63.9 cm³/mol. The van der Waals surface area contributed by atoms with Crippen molar-refractivity contribution in [2.24, 2.45) is 0 Å². The minimum atomic E-state index is -0.763. The summed E-state index contributed by atoms with van der Waals surface area (Å²) in [6, 6.07) is 3.99. The molecule has 1 heterocycles. The second-order valence-electron chi connectivity index (χ2n) is 4.09. The van der Waals surface area contributed by atoms with Crippen molar-refractivity contribution in [2.45, 2.75) is 32.3 Å². The van der Waals surface area contributed by atoms with Gasteiger partial charge in [0.05, 0.1) is 4.47 Å². The van der Waals surface area contributed by atoms with Crippen LogP contribution in [0.5, 0.6) is 5.75 Å². The quantitative estimate of drug-likeness (QED) is 0.928. The average molecular weight is 285 g/mol. The van der Waals surface area contributed by atoms with E-state index in [4.69, 9.17) is 9.84 Å². The normalized spacial score (nSPS) is 18.0. The third-order valence-corrected chi connectivity index (χ3v) is 3.22. The highest BCUT2D eigenvalue weighted by Gasteiger charge is 2.22. The van der Waals surface area contributed by atoms with E-state index in [1.54, 1.807) is 0 Å². The van der Waals surface area contributed by atoms with Gasteiger partial charge >= 0.3 is 5.97 Å². The molecule has 0 aliphatic carbocycles. The first kappa shape index (κ1) is 11.5. The van der Waals surface area contributed by atoms with E-state index in [1.807, 2.05) is 19.1 Å². The van der Waals surface area contributed by atoms with E-state index >= 15 is 0 Å². The second-order valence-corrected chi connectivity index (χ2v) is 4.95. The fraction of sp³-hybridized carbons (Fsp3) is 0.417. The van der Waals surface area contributed by atoms with Crippen molar-refractivity contribution >= 4 is 21.9 Å². The van der Waals surface area contributed by atoms with E-state index in [1.165, 1.54) is 5.56 Å². The Morgan fingerprint density at radius 1 is 1.62 bits per heavy atom. The minimum Gasteiger partial charge on any atom is -0.489 e. The molecular weight excluding hydrogens is 272 g/mol. The Bertz CT molecular complexity index is 429. The van der Waals surface area contributed by atoms with Crippen LogP contribution >= 0.6 is 15.9 Å². The molecule has 0 aromatic heterocycles. The van der Waals surface area contributed by atoms with Gasteiger partial charge < -0.3 is 9.84 Å². The summed E-state index contributed by atoms with van der Waals surface area (Å²) in [5.74, 6) is 0.146. The summed E-state index contributed by atoms with van der Waals surface area (Å²) < 4.78 is 6.58. The van der Waals surface area contributed by atoms with Gasteiger partial charge in [-0.2, -0.15) is 0 Å². The SMILES string of the molecule is CC1Cc2cc(CCC(=O)O)cc(Br)c2O1. The van der Waals surface area contributed by atoms with Crippen LogP contribution in [0.25, 0.3) is 0 Å². The smallest absolute Gasteiger partial charge is 0.303 e. The van der Waals surface area contributed by atoms with E-state index in [2.05, 4.69) is 15.9 Å². The van der Waals surface area contributed by atoms with Gasteiger partial charge in [-0.15, -0.1) is 0 Å². The first-order valence-electron chi connectivity index (χ1n) is 5.26. The van der Waals surface area contributed by atoms with Crippen molar-refractivity contribution in [3.63, 3.8) is 0 Å². The Hall–Kier alpha value is -1.03. The Morgan fingerprint density at radius 3 is 3.06 bits per heavy atom. The van der Waals surface area contributed by atoms with Crippen molar-refractivity contribution in [1.82, 2.24) is 0 Å². The number of carboxylic acid groups (broad SMARTS) is 1. The molecule has 1 aromatic rings. The molecule has 86 valence electrons. The van der Waals surface area contributed by atoms with Crippen LogP contribution in [0.4, 0.5) is 0 Å². The Labute approximate surface area is 103 Å². The molecule has 1 aromatic carbocycles. The number of hydrogen-bond acceptors (Lipinski definition) is 2. The van der Waals surface area contributed by atoms with E-state index in [0.717, 1.165) is 22.2 Å². The molecular formula is C12H13BrO3. The van der Waals surface area contributed by atoms with Crippen molar-refractivity contribution < 1.29 is 14.6 Å². The molecule has 4 heteroatoms. The summed E-state index contributed by atoms with van der Waals surface area (Å²) >= 11 is 3.46. The van der Waals surface area contributed by atoms with Crippen LogP contribution in [0.3, 0.4) is 0 Å².